The van der Waals surface area contributed by atoms with E-state index in [1.165, 1.54) is 4.90 Å². The minimum Gasteiger partial charge on any atom is -0.480 e. The van der Waals surface area contributed by atoms with Gasteiger partial charge in [-0.15, -0.1) is 0 Å². The molecule has 0 aliphatic carbocycles. The summed E-state index contributed by atoms with van der Waals surface area (Å²) in [5.74, 6) is -2.18. The average Bonchev–Trinajstić information content (AvgIpc) is 3.38. The number of carbonyl (C=O) groups excluding carboxylic acids is 3. The van der Waals surface area contributed by atoms with E-state index < -0.39 is 36.0 Å². The number of carboxylic acids is 1. The second-order valence-electron chi connectivity index (χ2n) is 7.87. The van der Waals surface area contributed by atoms with Crippen LogP contribution in [0.1, 0.15) is 46.0 Å². The maximum atomic E-state index is 13.2. The van der Waals surface area contributed by atoms with Crippen LogP contribution < -0.4 is 11.1 Å². The van der Waals surface area contributed by atoms with Crippen LogP contribution in [-0.2, 0) is 19.2 Å². The molecule has 10 heteroatoms. The van der Waals surface area contributed by atoms with Crippen molar-refractivity contribution in [2.24, 2.45) is 11.7 Å². The highest BCUT2D eigenvalue weighted by molar-refractivity contribution is 7.80. The zero-order chi connectivity index (χ0) is 21.7. The van der Waals surface area contributed by atoms with Crippen molar-refractivity contribution in [3.05, 3.63) is 0 Å². The summed E-state index contributed by atoms with van der Waals surface area (Å²) in [5.41, 5.74) is 6.10. The van der Waals surface area contributed by atoms with Gasteiger partial charge in [0, 0.05) is 18.8 Å². The number of hydrogen-bond donors (Lipinski definition) is 4. The Hall–Kier alpha value is -1.81. The lowest BCUT2D eigenvalue weighted by molar-refractivity contribution is -0.148. The first-order valence-corrected chi connectivity index (χ1v) is 10.9. The molecule has 0 saturated carbocycles. The number of nitrogens with two attached hydrogens (primary N) is 1. The van der Waals surface area contributed by atoms with Crippen molar-refractivity contribution in [2.45, 2.75) is 70.1 Å². The van der Waals surface area contributed by atoms with Gasteiger partial charge in [-0.05, 0) is 31.6 Å². The fraction of sp³-hybridized carbons (Fsp3) is 0.789. The molecular formula is C19H32N4O5S. The highest BCUT2D eigenvalue weighted by atomic mass is 32.1. The first-order chi connectivity index (χ1) is 13.7. The first kappa shape index (κ1) is 23.5. The van der Waals surface area contributed by atoms with Gasteiger partial charge in [-0.3, -0.25) is 14.4 Å². The van der Waals surface area contributed by atoms with Gasteiger partial charge in [0.05, 0.1) is 6.04 Å². The molecule has 29 heavy (non-hydrogen) atoms. The maximum absolute atomic E-state index is 13.2. The van der Waals surface area contributed by atoms with Crippen LogP contribution >= 0.6 is 12.6 Å². The number of carbonyl (C=O) groups is 4. The van der Waals surface area contributed by atoms with E-state index in [-0.39, 0.29) is 23.5 Å². The van der Waals surface area contributed by atoms with E-state index in [1.807, 2.05) is 13.8 Å². The lowest BCUT2D eigenvalue weighted by Crippen LogP contribution is -2.57. The van der Waals surface area contributed by atoms with Crippen molar-refractivity contribution in [1.82, 2.24) is 15.1 Å². The monoisotopic (exact) mass is 428 g/mol. The Morgan fingerprint density at radius 1 is 1.14 bits per heavy atom. The van der Waals surface area contributed by atoms with E-state index in [4.69, 9.17) is 10.8 Å². The second kappa shape index (κ2) is 10.3. The van der Waals surface area contributed by atoms with Gasteiger partial charge >= 0.3 is 5.97 Å². The molecule has 5 unspecified atom stereocenters. The van der Waals surface area contributed by atoms with Crippen molar-refractivity contribution < 1.29 is 24.3 Å². The first-order valence-electron chi connectivity index (χ1n) is 10.2. The minimum atomic E-state index is -1.17. The van der Waals surface area contributed by atoms with Crippen molar-refractivity contribution in [1.29, 1.82) is 0 Å². The van der Waals surface area contributed by atoms with Gasteiger partial charge in [0.15, 0.2) is 0 Å². The van der Waals surface area contributed by atoms with Gasteiger partial charge in [-0.2, -0.15) is 12.6 Å². The number of rotatable bonds is 8. The molecule has 0 bridgehead atoms. The highest BCUT2D eigenvalue weighted by Gasteiger charge is 2.43. The lowest BCUT2D eigenvalue weighted by Gasteiger charge is -2.33. The van der Waals surface area contributed by atoms with Crippen molar-refractivity contribution in [2.75, 3.05) is 18.8 Å². The summed E-state index contributed by atoms with van der Waals surface area (Å²) >= 11 is 3.95. The normalized spacial score (nSPS) is 24.8. The third-order valence-electron chi connectivity index (χ3n) is 6.00. The van der Waals surface area contributed by atoms with Crippen LogP contribution in [0.4, 0.5) is 0 Å². The Morgan fingerprint density at radius 3 is 2.28 bits per heavy atom. The Bertz CT molecular complexity index is 646. The van der Waals surface area contributed by atoms with Gasteiger partial charge in [0.1, 0.15) is 18.1 Å². The van der Waals surface area contributed by atoms with E-state index in [2.05, 4.69) is 17.9 Å². The molecule has 0 aromatic rings. The number of nitrogens with one attached hydrogen (secondary N) is 1. The fourth-order valence-corrected chi connectivity index (χ4v) is 4.17. The average molecular weight is 429 g/mol. The van der Waals surface area contributed by atoms with Crippen molar-refractivity contribution in [3.63, 3.8) is 0 Å². The largest absolute Gasteiger partial charge is 0.480 e. The third kappa shape index (κ3) is 5.22. The number of likely N-dealkylation sites (tertiary alicyclic amines) is 2. The van der Waals surface area contributed by atoms with Crippen LogP contribution in [0.3, 0.4) is 0 Å². The van der Waals surface area contributed by atoms with E-state index in [1.54, 1.807) is 4.90 Å². The van der Waals surface area contributed by atoms with Gasteiger partial charge in [0.2, 0.25) is 17.7 Å². The zero-order valence-corrected chi connectivity index (χ0v) is 17.9. The second-order valence-corrected chi connectivity index (χ2v) is 8.24. The molecule has 0 aromatic heterocycles. The van der Waals surface area contributed by atoms with Crippen LogP contribution in [0.2, 0.25) is 0 Å². The summed E-state index contributed by atoms with van der Waals surface area (Å²) in [6.07, 6.45) is 3.13. The SMILES string of the molecule is CCC(C)C(N)C(=O)N1CCCC1C(=O)N1CCCC1C(=O)NC(CS)C(=O)O. The molecule has 0 spiro atoms. The summed E-state index contributed by atoms with van der Waals surface area (Å²) < 4.78 is 0. The molecule has 3 amide bonds. The number of nitrogens with zero attached hydrogens (tertiary/aromatic N) is 2. The molecule has 164 valence electrons. The van der Waals surface area contributed by atoms with Crippen LogP contribution in [-0.4, -0.2) is 81.6 Å². The molecule has 9 nitrogen and oxygen atoms in total. The molecule has 2 fully saturated rings. The molecule has 0 radical (unpaired) electrons. The Balaban J connectivity index is 2.10. The number of hydrogen-bond acceptors (Lipinski definition) is 6. The fourth-order valence-electron chi connectivity index (χ4n) is 3.92. The van der Waals surface area contributed by atoms with Gasteiger partial charge < -0.3 is 26.0 Å². The predicted octanol–water partition coefficient (Wildman–Crippen LogP) is -0.159. The Morgan fingerprint density at radius 2 is 1.72 bits per heavy atom. The summed E-state index contributed by atoms with van der Waals surface area (Å²) in [5, 5.41) is 11.6. The quantitative estimate of drug-likeness (QED) is 0.397. The van der Waals surface area contributed by atoms with Crippen molar-refractivity contribution >= 4 is 36.3 Å². The number of aliphatic carboxylic acids is 1. The predicted molar refractivity (Wildman–Crippen MR) is 110 cm³/mol. The summed E-state index contributed by atoms with van der Waals surface area (Å²) in [6.45, 7) is 4.76. The van der Waals surface area contributed by atoms with Crippen LogP contribution in [0.15, 0.2) is 0 Å². The summed E-state index contributed by atoms with van der Waals surface area (Å²) in [6, 6.07) is -3.12. The molecule has 2 aliphatic heterocycles. The lowest BCUT2D eigenvalue weighted by atomic mass is 9.98. The van der Waals surface area contributed by atoms with E-state index in [0.29, 0.717) is 38.8 Å². The summed E-state index contributed by atoms with van der Waals surface area (Å²) in [4.78, 5) is 52.8. The molecule has 2 aliphatic rings. The maximum Gasteiger partial charge on any atom is 0.327 e. The van der Waals surface area contributed by atoms with E-state index >= 15 is 0 Å². The smallest absolute Gasteiger partial charge is 0.327 e. The van der Waals surface area contributed by atoms with Gasteiger partial charge in [-0.1, -0.05) is 20.3 Å². The number of carboxylic acid groups (broad SMARTS) is 1. The van der Waals surface area contributed by atoms with E-state index in [0.717, 1.165) is 6.42 Å². The van der Waals surface area contributed by atoms with Crippen LogP contribution in [0.25, 0.3) is 0 Å². The highest BCUT2D eigenvalue weighted by Crippen LogP contribution is 2.26. The standard InChI is InChI=1S/C19H32N4O5S/c1-3-11(2)15(20)18(26)23-9-5-7-14(23)17(25)22-8-4-6-13(22)16(24)21-12(10-29)19(27)28/h11-15,29H,3-10,20H2,1-2H3,(H,21,24)(H,27,28). The molecular weight excluding hydrogens is 396 g/mol. The molecule has 5 atom stereocenters. The summed E-state index contributed by atoms with van der Waals surface area (Å²) in [7, 11) is 0. The van der Waals surface area contributed by atoms with Gasteiger partial charge in [0.25, 0.3) is 0 Å². The topological polar surface area (TPSA) is 133 Å². The zero-order valence-electron chi connectivity index (χ0n) is 17.0. The Kier molecular flexibility index (Phi) is 8.33. The van der Waals surface area contributed by atoms with Crippen LogP contribution in [0.5, 0.6) is 0 Å². The number of amides is 3. The minimum absolute atomic E-state index is 0.0124. The molecule has 2 rings (SSSR count). The van der Waals surface area contributed by atoms with Crippen LogP contribution in [0, 0.1) is 5.92 Å². The molecule has 0 aromatic carbocycles. The molecule has 4 N–H and O–H groups in total. The molecule has 2 saturated heterocycles. The van der Waals surface area contributed by atoms with Crippen molar-refractivity contribution in [3.8, 4) is 0 Å². The Labute approximate surface area is 176 Å². The molecule has 2 heterocycles. The number of thiol groups is 1. The van der Waals surface area contributed by atoms with E-state index in [9.17, 15) is 19.2 Å². The van der Waals surface area contributed by atoms with Gasteiger partial charge in [-0.25, -0.2) is 4.79 Å². The third-order valence-corrected chi connectivity index (χ3v) is 6.36.